The summed E-state index contributed by atoms with van der Waals surface area (Å²) in [7, 11) is 0. The van der Waals surface area contributed by atoms with Gasteiger partial charge in [-0.15, -0.1) is 0 Å². The van der Waals surface area contributed by atoms with Crippen LogP contribution in [0, 0.1) is 0 Å². The Morgan fingerprint density at radius 3 is 1.50 bits per heavy atom. The van der Waals surface area contributed by atoms with Gasteiger partial charge in [-0.25, -0.2) is 0 Å². The molecule has 0 saturated carbocycles. The molecule has 0 bridgehead atoms. The first kappa shape index (κ1) is 20.7. The Bertz CT molecular complexity index is 919. The Hall–Kier alpha value is -2.56. The zero-order valence-electron chi connectivity index (χ0n) is 17.8. The third kappa shape index (κ3) is 3.66. The van der Waals surface area contributed by atoms with Crippen molar-refractivity contribution >= 4 is 0 Å². The van der Waals surface area contributed by atoms with Crippen LogP contribution in [0.3, 0.4) is 0 Å². The van der Waals surface area contributed by atoms with Gasteiger partial charge in [-0.3, -0.25) is 0 Å². The molecule has 4 rings (SSSR count). The molecule has 2 aromatic rings. The monoisotopic (exact) mass is 406 g/mol. The molecule has 0 saturated heterocycles. The van der Waals surface area contributed by atoms with Crippen LogP contribution in [0.5, 0.6) is 11.5 Å². The zero-order valence-corrected chi connectivity index (χ0v) is 17.8. The summed E-state index contributed by atoms with van der Waals surface area (Å²) in [5, 5.41) is 23.1. The number of ether oxygens (including phenoxy) is 2. The number of fused-ring (bicyclic) bond motifs is 2. The number of rotatable bonds is 3. The van der Waals surface area contributed by atoms with Gasteiger partial charge in [-0.1, -0.05) is 25.3 Å². The highest BCUT2D eigenvalue weighted by atomic mass is 16.5. The fourth-order valence-corrected chi connectivity index (χ4v) is 4.13. The first-order valence-corrected chi connectivity index (χ1v) is 10.5. The van der Waals surface area contributed by atoms with Crippen LogP contribution in [0.4, 0.5) is 0 Å². The standard InChI is InChI=1S/C26H30O4/c1-17-5-7-19-13-21(9-11-23(19)29-15-17)25(3,27)26(4,28)22-10-12-24-20(14-22)8-6-18(2)16-30-24/h9-14,27-28H,1-2,5-8,15-16H2,3-4H3. The third-order valence-electron chi connectivity index (χ3n) is 6.55. The summed E-state index contributed by atoms with van der Waals surface area (Å²) in [4.78, 5) is 0. The van der Waals surface area contributed by atoms with E-state index in [1.807, 2.05) is 36.4 Å². The second-order valence-corrected chi connectivity index (χ2v) is 8.87. The average Bonchev–Trinajstić information content (AvgIpc) is 3.03. The summed E-state index contributed by atoms with van der Waals surface area (Å²) >= 11 is 0. The molecule has 2 N–H and O–H groups in total. The van der Waals surface area contributed by atoms with Crippen molar-refractivity contribution < 1.29 is 19.7 Å². The summed E-state index contributed by atoms with van der Waals surface area (Å²) in [6.07, 6.45) is 3.32. The predicted octanol–water partition coefficient (Wildman–Crippen LogP) is 4.56. The molecule has 0 aromatic heterocycles. The van der Waals surface area contributed by atoms with E-state index in [1.165, 1.54) is 0 Å². The molecule has 2 aliphatic rings. The highest BCUT2D eigenvalue weighted by molar-refractivity contribution is 5.45. The number of hydrogen-bond donors (Lipinski definition) is 2. The van der Waals surface area contributed by atoms with Gasteiger partial charge in [0.15, 0.2) is 0 Å². The molecule has 2 aromatic carbocycles. The maximum Gasteiger partial charge on any atom is 0.123 e. The normalized spacial score (nSPS) is 20.4. The fraction of sp³-hybridized carbons (Fsp3) is 0.385. The van der Waals surface area contributed by atoms with Crippen LogP contribution in [0.15, 0.2) is 60.7 Å². The van der Waals surface area contributed by atoms with Crippen molar-refractivity contribution in [3.05, 3.63) is 83.0 Å². The van der Waals surface area contributed by atoms with Gasteiger partial charge in [0.25, 0.3) is 0 Å². The van der Waals surface area contributed by atoms with Crippen LogP contribution < -0.4 is 9.47 Å². The molecule has 2 unspecified atom stereocenters. The fourth-order valence-electron chi connectivity index (χ4n) is 4.13. The Balaban J connectivity index is 1.68. The number of aryl methyl sites for hydroxylation is 2. The van der Waals surface area contributed by atoms with E-state index in [0.29, 0.717) is 24.3 Å². The number of benzene rings is 2. The van der Waals surface area contributed by atoms with Gasteiger partial charge >= 0.3 is 0 Å². The van der Waals surface area contributed by atoms with Gasteiger partial charge in [0.1, 0.15) is 35.9 Å². The molecular weight excluding hydrogens is 376 g/mol. The molecule has 0 fully saturated rings. The Labute approximate surface area is 178 Å². The van der Waals surface area contributed by atoms with E-state index in [4.69, 9.17) is 9.47 Å². The molecule has 158 valence electrons. The smallest absolute Gasteiger partial charge is 0.123 e. The molecule has 4 heteroatoms. The second-order valence-electron chi connectivity index (χ2n) is 8.87. The minimum absolute atomic E-state index is 0.518. The average molecular weight is 407 g/mol. The quantitative estimate of drug-likeness (QED) is 0.734. The summed E-state index contributed by atoms with van der Waals surface area (Å²) < 4.78 is 11.6. The maximum absolute atomic E-state index is 11.5. The first-order chi connectivity index (χ1) is 14.2. The molecular formula is C26H30O4. The molecule has 0 aliphatic carbocycles. The molecule has 2 heterocycles. The van der Waals surface area contributed by atoms with Crippen LogP contribution in [-0.2, 0) is 24.0 Å². The SMILES string of the molecule is C=C1CCc2cc(C(C)(O)C(C)(O)c3ccc4c(c3)CCC(=C)CO4)ccc2OC1. The lowest BCUT2D eigenvalue weighted by Gasteiger charge is -2.40. The molecule has 0 amide bonds. The van der Waals surface area contributed by atoms with Crippen molar-refractivity contribution in [2.75, 3.05) is 13.2 Å². The van der Waals surface area contributed by atoms with Gasteiger partial charge < -0.3 is 19.7 Å². The Morgan fingerprint density at radius 2 is 1.10 bits per heavy atom. The zero-order chi connectivity index (χ0) is 21.5. The summed E-state index contributed by atoms with van der Waals surface area (Å²) in [5.41, 5.74) is 2.46. The molecule has 30 heavy (non-hydrogen) atoms. The first-order valence-electron chi connectivity index (χ1n) is 10.5. The minimum Gasteiger partial charge on any atom is -0.489 e. The van der Waals surface area contributed by atoms with Crippen molar-refractivity contribution in [1.82, 2.24) is 0 Å². The van der Waals surface area contributed by atoms with Crippen molar-refractivity contribution in [3.8, 4) is 11.5 Å². The van der Waals surface area contributed by atoms with E-state index in [2.05, 4.69) is 13.2 Å². The van der Waals surface area contributed by atoms with Gasteiger partial charge in [-0.2, -0.15) is 0 Å². The van der Waals surface area contributed by atoms with Crippen LogP contribution in [0.2, 0.25) is 0 Å². The highest BCUT2D eigenvalue weighted by Crippen LogP contribution is 2.43. The molecule has 0 radical (unpaired) electrons. The van der Waals surface area contributed by atoms with Crippen molar-refractivity contribution in [3.63, 3.8) is 0 Å². The summed E-state index contributed by atoms with van der Waals surface area (Å²) in [6.45, 7) is 12.4. The van der Waals surface area contributed by atoms with Gasteiger partial charge in [-0.05, 0) is 97.2 Å². The molecule has 2 atom stereocenters. The summed E-state index contributed by atoms with van der Waals surface area (Å²) in [5.74, 6) is 1.63. The van der Waals surface area contributed by atoms with E-state index >= 15 is 0 Å². The van der Waals surface area contributed by atoms with Crippen LogP contribution in [0.1, 0.15) is 48.9 Å². The van der Waals surface area contributed by atoms with E-state index in [-0.39, 0.29) is 0 Å². The lowest BCUT2D eigenvalue weighted by molar-refractivity contribution is -0.143. The van der Waals surface area contributed by atoms with Crippen molar-refractivity contribution in [1.29, 1.82) is 0 Å². The van der Waals surface area contributed by atoms with E-state index in [0.717, 1.165) is 59.5 Å². The highest BCUT2D eigenvalue weighted by Gasteiger charge is 2.45. The van der Waals surface area contributed by atoms with Crippen LogP contribution in [-0.4, -0.2) is 23.4 Å². The lowest BCUT2D eigenvalue weighted by Crippen LogP contribution is -2.45. The second kappa shape index (κ2) is 7.60. The van der Waals surface area contributed by atoms with Crippen molar-refractivity contribution in [2.45, 2.75) is 50.7 Å². The lowest BCUT2D eigenvalue weighted by atomic mass is 9.75. The number of hydrogen-bond acceptors (Lipinski definition) is 4. The summed E-state index contributed by atoms with van der Waals surface area (Å²) in [6, 6.07) is 11.3. The predicted molar refractivity (Wildman–Crippen MR) is 118 cm³/mol. The van der Waals surface area contributed by atoms with E-state index in [1.54, 1.807) is 13.8 Å². The minimum atomic E-state index is -1.51. The topological polar surface area (TPSA) is 58.9 Å². The van der Waals surface area contributed by atoms with E-state index in [9.17, 15) is 10.2 Å². The van der Waals surface area contributed by atoms with Gasteiger partial charge in [0.2, 0.25) is 0 Å². The van der Waals surface area contributed by atoms with Gasteiger partial charge in [0, 0.05) is 0 Å². The molecule has 4 nitrogen and oxygen atoms in total. The third-order valence-corrected chi connectivity index (χ3v) is 6.55. The largest absolute Gasteiger partial charge is 0.489 e. The van der Waals surface area contributed by atoms with E-state index < -0.39 is 11.2 Å². The van der Waals surface area contributed by atoms with Crippen LogP contribution in [0.25, 0.3) is 0 Å². The van der Waals surface area contributed by atoms with Crippen LogP contribution >= 0.6 is 0 Å². The van der Waals surface area contributed by atoms with Gasteiger partial charge in [0.05, 0.1) is 0 Å². The number of aliphatic hydroxyl groups is 2. The molecule has 0 spiro atoms. The Kier molecular flexibility index (Phi) is 5.25. The maximum atomic E-state index is 11.5. The molecule has 2 aliphatic heterocycles. The Morgan fingerprint density at radius 1 is 0.700 bits per heavy atom. The van der Waals surface area contributed by atoms with Crippen molar-refractivity contribution in [2.24, 2.45) is 0 Å².